The van der Waals surface area contributed by atoms with Crippen LogP contribution in [-0.4, -0.2) is 37.0 Å². The van der Waals surface area contributed by atoms with Crippen molar-refractivity contribution in [1.29, 1.82) is 0 Å². The highest BCUT2D eigenvalue weighted by Crippen LogP contribution is 2.46. The molecule has 6 heteroatoms. The zero-order chi connectivity index (χ0) is 17.5. The molecule has 0 amide bonds. The van der Waals surface area contributed by atoms with Crippen LogP contribution in [0.5, 0.6) is 0 Å². The average Bonchev–Trinajstić information content (AvgIpc) is 3.35. The summed E-state index contributed by atoms with van der Waals surface area (Å²) in [5.41, 5.74) is 1.13. The maximum atomic E-state index is 11.5. The van der Waals surface area contributed by atoms with Gasteiger partial charge in [0.2, 0.25) is 6.04 Å². The van der Waals surface area contributed by atoms with E-state index in [2.05, 4.69) is 5.32 Å². The second-order valence-corrected chi connectivity index (χ2v) is 6.24. The molecule has 1 aromatic carbocycles. The van der Waals surface area contributed by atoms with E-state index >= 15 is 0 Å². The second kappa shape index (κ2) is 9.11. The van der Waals surface area contributed by atoms with Gasteiger partial charge in [0, 0.05) is 36.0 Å². The Morgan fingerprint density at radius 3 is 2.38 bits per heavy atom. The Morgan fingerprint density at radius 1 is 1.21 bits per heavy atom. The summed E-state index contributed by atoms with van der Waals surface area (Å²) in [6.07, 6.45) is 0.469. The van der Waals surface area contributed by atoms with Crippen LogP contribution in [0.15, 0.2) is 30.3 Å². The number of nitrogens with one attached hydrogen (secondary N) is 1. The fourth-order valence-electron chi connectivity index (χ4n) is 3.15. The maximum absolute atomic E-state index is 11.5. The summed E-state index contributed by atoms with van der Waals surface area (Å²) >= 11 is 0. The van der Waals surface area contributed by atoms with Crippen molar-refractivity contribution in [2.45, 2.75) is 45.6 Å². The third kappa shape index (κ3) is 5.00. The highest BCUT2D eigenvalue weighted by molar-refractivity contribution is 5.18. The third-order valence-corrected chi connectivity index (χ3v) is 4.60. The molecule has 1 aromatic rings. The summed E-state index contributed by atoms with van der Waals surface area (Å²) in [7, 11) is 0. The second-order valence-electron chi connectivity index (χ2n) is 6.24. The SMILES string of the molecule is CCOC(OCC)[C@H]1C[C@@H]1[C@@H](CN[C@H](C)c1ccccc1)[N+](=O)[O-]. The molecule has 6 nitrogen and oxygen atoms in total. The summed E-state index contributed by atoms with van der Waals surface area (Å²) < 4.78 is 11.2. The van der Waals surface area contributed by atoms with Gasteiger partial charge in [-0.25, -0.2) is 0 Å². The van der Waals surface area contributed by atoms with Crippen molar-refractivity contribution < 1.29 is 14.4 Å². The normalized spacial score (nSPS) is 22.3. The summed E-state index contributed by atoms with van der Waals surface area (Å²) in [6.45, 7) is 7.32. The smallest absolute Gasteiger partial charge is 0.228 e. The van der Waals surface area contributed by atoms with E-state index in [0.29, 0.717) is 19.8 Å². The van der Waals surface area contributed by atoms with E-state index < -0.39 is 6.04 Å². The Balaban J connectivity index is 1.90. The first-order valence-corrected chi connectivity index (χ1v) is 8.73. The first kappa shape index (κ1) is 18.8. The van der Waals surface area contributed by atoms with Gasteiger partial charge in [-0.2, -0.15) is 0 Å². The molecule has 1 fully saturated rings. The largest absolute Gasteiger partial charge is 0.353 e. The predicted octanol–water partition coefficient (Wildman–Crippen LogP) is 3.02. The lowest BCUT2D eigenvalue weighted by molar-refractivity contribution is -0.526. The molecule has 0 bridgehead atoms. The minimum Gasteiger partial charge on any atom is -0.353 e. The first-order valence-electron chi connectivity index (χ1n) is 8.73. The minimum absolute atomic E-state index is 0.0126. The van der Waals surface area contributed by atoms with E-state index in [9.17, 15) is 10.1 Å². The molecule has 2 rings (SSSR count). The summed E-state index contributed by atoms with van der Waals surface area (Å²) in [5.74, 6) is 0.132. The topological polar surface area (TPSA) is 73.6 Å². The van der Waals surface area contributed by atoms with Gasteiger partial charge in [-0.3, -0.25) is 10.1 Å². The van der Waals surface area contributed by atoms with Gasteiger partial charge in [-0.1, -0.05) is 30.3 Å². The van der Waals surface area contributed by atoms with Crippen LogP contribution >= 0.6 is 0 Å². The Bertz CT molecular complexity index is 505. The number of nitro groups is 1. The highest BCUT2D eigenvalue weighted by Gasteiger charge is 2.53. The molecule has 0 radical (unpaired) electrons. The lowest BCUT2D eigenvalue weighted by Crippen LogP contribution is -2.37. The van der Waals surface area contributed by atoms with Gasteiger partial charge in [-0.15, -0.1) is 0 Å². The van der Waals surface area contributed by atoms with Crippen molar-refractivity contribution in [2.75, 3.05) is 19.8 Å². The van der Waals surface area contributed by atoms with Gasteiger partial charge in [0.15, 0.2) is 6.29 Å². The zero-order valence-corrected chi connectivity index (χ0v) is 14.7. The lowest BCUT2D eigenvalue weighted by atomic mass is 10.1. The van der Waals surface area contributed by atoms with E-state index in [1.54, 1.807) is 0 Å². The molecule has 0 aromatic heterocycles. The van der Waals surface area contributed by atoms with Crippen LogP contribution in [0, 0.1) is 22.0 Å². The van der Waals surface area contributed by atoms with Crippen molar-refractivity contribution in [3.63, 3.8) is 0 Å². The molecule has 1 aliphatic rings. The Kier molecular flexibility index (Phi) is 7.15. The highest BCUT2D eigenvalue weighted by atomic mass is 16.7. The number of hydrogen-bond donors (Lipinski definition) is 1. The molecule has 1 saturated carbocycles. The quantitative estimate of drug-likeness (QED) is 0.382. The molecule has 0 aliphatic heterocycles. The molecule has 1 N–H and O–H groups in total. The molecule has 1 aliphatic carbocycles. The summed E-state index contributed by atoms with van der Waals surface area (Å²) in [6, 6.07) is 9.45. The predicted molar refractivity (Wildman–Crippen MR) is 92.3 cm³/mol. The first-order chi connectivity index (χ1) is 11.6. The number of ether oxygens (including phenoxy) is 2. The van der Waals surface area contributed by atoms with Crippen LogP contribution in [-0.2, 0) is 9.47 Å². The van der Waals surface area contributed by atoms with Crippen LogP contribution in [0.25, 0.3) is 0 Å². The Morgan fingerprint density at radius 2 is 1.83 bits per heavy atom. The number of benzene rings is 1. The lowest BCUT2D eigenvalue weighted by Gasteiger charge is -2.19. The molecule has 134 valence electrons. The van der Waals surface area contributed by atoms with Crippen molar-refractivity contribution in [1.82, 2.24) is 5.32 Å². The zero-order valence-electron chi connectivity index (χ0n) is 14.7. The number of rotatable bonds is 11. The standard InChI is InChI=1S/C18H28N2O4/c1-4-23-18(24-5-2)16-11-15(16)17(20(21)22)12-19-13(3)14-9-7-6-8-10-14/h6-10,13,15-19H,4-5,11-12H2,1-3H3/t13-,15+,16+,17-/m1/s1. The molecule has 0 unspecified atom stereocenters. The molecular formula is C18H28N2O4. The van der Waals surface area contributed by atoms with Gasteiger partial charge in [0.05, 0.1) is 6.54 Å². The molecule has 0 heterocycles. The average molecular weight is 336 g/mol. The van der Waals surface area contributed by atoms with Gasteiger partial charge >= 0.3 is 0 Å². The monoisotopic (exact) mass is 336 g/mol. The van der Waals surface area contributed by atoms with Crippen molar-refractivity contribution in [3.05, 3.63) is 46.0 Å². The van der Waals surface area contributed by atoms with Crippen molar-refractivity contribution >= 4 is 0 Å². The van der Waals surface area contributed by atoms with E-state index in [1.807, 2.05) is 51.1 Å². The molecule has 0 saturated heterocycles. The minimum atomic E-state index is -0.607. The van der Waals surface area contributed by atoms with Crippen LogP contribution < -0.4 is 5.32 Å². The van der Waals surface area contributed by atoms with E-state index in [0.717, 1.165) is 12.0 Å². The van der Waals surface area contributed by atoms with Crippen LogP contribution in [0.1, 0.15) is 38.8 Å². The molecule has 24 heavy (non-hydrogen) atoms. The Hall–Kier alpha value is -1.50. The van der Waals surface area contributed by atoms with Gasteiger partial charge in [-0.05, 0) is 32.8 Å². The number of hydrogen-bond acceptors (Lipinski definition) is 5. The Labute approximate surface area is 143 Å². The van der Waals surface area contributed by atoms with E-state index in [1.165, 1.54) is 0 Å². The molecule has 4 atom stereocenters. The maximum Gasteiger partial charge on any atom is 0.228 e. The van der Waals surface area contributed by atoms with Gasteiger partial charge in [0.1, 0.15) is 0 Å². The fourth-order valence-corrected chi connectivity index (χ4v) is 3.15. The summed E-state index contributed by atoms with van der Waals surface area (Å²) in [5, 5.41) is 14.8. The van der Waals surface area contributed by atoms with Gasteiger partial charge < -0.3 is 14.8 Å². The number of nitrogens with zero attached hydrogens (tertiary/aromatic N) is 1. The molecule has 0 spiro atoms. The van der Waals surface area contributed by atoms with E-state index in [-0.39, 0.29) is 29.1 Å². The summed E-state index contributed by atoms with van der Waals surface area (Å²) in [4.78, 5) is 11.3. The van der Waals surface area contributed by atoms with E-state index in [4.69, 9.17) is 9.47 Å². The van der Waals surface area contributed by atoms with Crippen molar-refractivity contribution in [2.24, 2.45) is 11.8 Å². The third-order valence-electron chi connectivity index (χ3n) is 4.60. The van der Waals surface area contributed by atoms with Crippen LogP contribution in [0.3, 0.4) is 0 Å². The fraction of sp³-hybridized carbons (Fsp3) is 0.667. The van der Waals surface area contributed by atoms with Crippen molar-refractivity contribution in [3.8, 4) is 0 Å². The van der Waals surface area contributed by atoms with Crippen LogP contribution in [0.4, 0.5) is 0 Å². The van der Waals surface area contributed by atoms with Gasteiger partial charge in [0.25, 0.3) is 0 Å². The van der Waals surface area contributed by atoms with Crippen LogP contribution in [0.2, 0.25) is 0 Å². The molecular weight excluding hydrogens is 308 g/mol.